The number of carboxylic acids is 1. The van der Waals surface area contributed by atoms with Crippen LogP contribution in [-0.2, 0) is 9.59 Å². The van der Waals surface area contributed by atoms with Crippen molar-refractivity contribution in [3.8, 4) is 0 Å². The molecule has 5 nitrogen and oxygen atoms in total. The average Bonchev–Trinajstić information content (AvgIpc) is 3.50. The molecule has 2 aliphatic carbocycles. The molecule has 3 aliphatic rings. The molecule has 3 fully saturated rings. The molecule has 1 spiro atoms. The molecule has 0 unspecified atom stereocenters. The van der Waals surface area contributed by atoms with E-state index in [9.17, 15) is 4.79 Å². The van der Waals surface area contributed by atoms with Gasteiger partial charge in [-0.3, -0.25) is 4.79 Å². The van der Waals surface area contributed by atoms with E-state index in [1.807, 2.05) is 26.7 Å². The van der Waals surface area contributed by atoms with Crippen LogP contribution in [-0.4, -0.2) is 54.5 Å². The van der Waals surface area contributed by atoms with E-state index in [1.54, 1.807) is 0 Å². The standard InChI is InChI=1S/C14H24N2O2.C10H12.CH2O/c1-13(2,12(17)18)7-16-8-14(9-16)5-11(6-14)15-10-3-4-10;1-2-3-7-10-8-5-4-6-9-10;1-2/h10-11,15H,3-9H2,1-2H3,(H,17,18);3-9H,2H2,1H3;1H2/b;7-3-;. The number of hydrogen-bond donors (Lipinski definition) is 2. The first-order valence-corrected chi connectivity index (χ1v) is 11.0. The maximum atomic E-state index is 11.1. The van der Waals surface area contributed by atoms with Gasteiger partial charge in [0.25, 0.3) is 0 Å². The fourth-order valence-electron chi connectivity index (χ4n) is 4.40. The third-order valence-corrected chi connectivity index (χ3v) is 6.07. The molecule has 2 saturated carbocycles. The number of carboxylic acid groups (broad SMARTS) is 1. The van der Waals surface area contributed by atoms with Crippen LogP contribution in [0.15, 0.2) is 36.4 Å². The average molecular weight is 415 g/mol. The molecule has 1 saturated heterocycles. The smallest absolute Gasteiger partial charge is 0.310 e. The lowest BCUT2D eigenvalue weighted by Gasteiger charge is -2.60. The number of rotatable bonds is 7. The summed E-state index contributed by atoms with van der Waals surface area (Å²) in [4.78, 5) is 21.4. The van der Waals surface area contributed by atoms with E-state index in [1.165, 1.54) is 31.2 Å². The van der Waals surface area contributed by atoms with Crippen LogP contribution in [0.5, 0.6) is 0 Å². The first-order valence-electron chi connectivity index (χ1n) is 11.0. The van der Waals surface area contributed by atoms with Gasteiger partial charge in [0.2, 0.25) is 0 Å². The molecule has 0 radical (unpaired) electrons. The Hall–Kier alpha value is -1.98. The lowest BCUT2D eigenvalue weighted by atomic mass is 9.60. The monoisotopic (exact) mass is 414 g/mol. The topological polar surface area (TPSA) is 69.6 Å². The number of benzene rings is 1. The van der Waals surface area contributed by atoms with Crippen LogP contribution in [0.25, 0.3) is 6.08 Å². The van der Waals surface area contributed by atoms with Gasteiger partial charge in [-0.05, 0) is 56.9 Å². The van der Waals surface area contributed by atoms with Crippen molar-refractivity contribution in [2.24, 2.45) is 10.8 Å². The zero-order chi connectivity index (χ0) is 22.2. The maximum Gasteiger partial charge on any atom is 0.310 e. The molecule has 1 aromatic rings. The fourth-order valence-corrected chi connectivity index (χ4v) is 4.40. The zero-order valence-corrected chi connectivity index (χ0v) is 18.8. The highest BCUT2D eigenvalue weighted by molar-refractivity contribution is 5.73. The predicted octanol–water partition coefficient (Wildman–Crippen LogP) is 4.24. The van der Waals surface area contributed by atoms with E-state index >= 15 is 0 Å². The van der Waals surface area contributed by atoms with E-state index in [4.69, 9.17) is 9.90 Å². The third kappa shape index (κ3) is 7.06. The molecule has 166 valence electrons. The summed E-state index contributed by atoms with van der Waals surface area (Å²) < 4.78 is 0. The summed E-state index contributed by atoms with van der Waals surface area (Å²) in [6, 6.07) is 11.9. The number of allylic oxidation sites excluding steroid dienone is 1. The summed E-state index contributed by atoms with van der Waals surface area (Å²) in [5.41, 5.74) is 1.20. The SMILES string of the molecule is C=O.CC(C)(CN1CC2(CC(NC3CC3)C2)C1)C(=O)O.CC/C=C\c1ccccc1. The first-order chi connectivity index (χ1) is 14.3. The molecule has 30 heavy (non-hydrogen) atoms. The minimum absolute atomic E-state index is 0.529. The first kappa shape index (κ1) is 24.3. The molecule has 0 atom stereocenters. The number of nitrogens with zero attached hydrogens (tertiary/aromatic N) is 1. The van der Waals surface area contributed by atoms with Gasteiger partial charge in [0.05, 0.1) is 5.41 Å². The number of carbonyl (C=O) groups excluding carboxylic acids is 1. The Bertz CT molecular complexity index is 684. The molecule has 0 bridgehead atoms. The second kappa shape index (κ2) is 10.9. The summed E-state index contributed by atoms with van der Waals surface area (Å²) in [6.45, 7) is 10.7. The summed E-state index contributed by atoms with van der Waals surface area (Å²) >= 11 is 0. The van der Waals surface area contributed by atoms with Gasteiger partial charge in [-0.25, -0.2) is 0 Å². The minimum atomic E-state index is -0.690. The highest BCUT2D eigenvalue weighted by atomic mass is 16.4. The van der Waals surface area contributed by atoms with Crippen molar-refractivity contribution in [3.05, 3.63) is 42.0 Å². The van der Waals surface area contributed by atoms with Gasteiger partial charge < -0.3 is 20.1 Å². The molecule has 0 amide bonds. The lowest BCUT2D eigenvalue weighted by Crippen LogP contribution is -2.67. The van der Waals surface area contributed by atoms with Gasteiger partial charge in [0.15, 0.2) is 0 Å². The second-order valence-electron chi connectivity index (χ2n) is 9.60. The Morgan fingerprint density at radius 3 is 2.30 bits per heavy atom. The van der Waals surface area contributed by atoms with Crippen molar-refractivity contribution in [1.29, 1.82) is 0 Å². The van der Waals surface area contributed by atoms with E-state index in [0.717, 1.165) is 31.6 Å². The Kier molecular flexibility index (Phi) is 8.80. The minimum Gasteiger partial charge on any atom is -0.481 e. The Labute approximate surface area is 181 Å². The fraction of sp³-hybridized carbons (Fsp3) is 0.600. The van der Waals surface area contributed by atoms with Gasteiger partial charge in [0, 0.05) is 31.7 Å². The van der Waals surface area contributed by atoms with Gasteiger partial charge in [-0.15, -0.1) is 0 Å². The van der Waals surface area contributed by atoms with Crippen molar-refractivity contribution >= 4 is 18.8 Å². The third-order valence-electron chi connectivity index (χ3n) is 6.07. The van der Waals surface area contributed by atoms with E-state index < -0.39 is 11.4 Å². The van der Waals surface area contributed by atoms with Gasteiger partial charge >= 0.3 is 5.97 Å². The lowest BCUT2D eigenvalue weighted by molar-refractivity contribution is -0.152. The predicted molar refractivity (Wildman–Crippen MR) is 122 cm³/mol. The molecule has 5 heteroatoms. The van der Waals surface area contributed by atoms with Crippen LogP contribution in [0.1, 0.15) is 58.4 Å². The molecule has 4 rings (SSSR count). The van der Waals surface area contributed by atoms with E-state index in [2.05, 4.69) is 53.6 Å². The van der Waals surface area contributed by atoms with Crippen LogP contribution in [0.4, 0.5) is 0 Å². The van der Waals surface area contributed by atoms with Gasteiger partial charge in [0.1, 0.15) is 6.79 Å². The number of carbonyl (C=O) groups is 2. The number of hydrogen-bond acceptors (Lipinski definition) is 4. The Balaban J connectivity index is 0.000000228. The Morgan fingerprint density at radius 2 is 1.80 bits per heavy atom. The van der Waals surface area contributed by atoms with E-state index in [-0.39, 0.29) is 0 Å². The molecular formula is C25H38N2O3. The van der Waals surface area contributed by atoms with E-state index in [0.29, 0.717) is 12.0 Å². The summed E-state index contributed by atoms with van der Waals surface area (Å²) in [5, 5.41) is 12.8. The largest absolute Gasteiger partial charge is 0.481 e. The van der Waals surface area contributed by atoms with Crippen LogP contribution in [0.3, 0.4) is 0 Å². The second-order valence-corrected chi connectivity index (χ2v) is 9.60. The number of aliphatic carboxylic acids is 1. The van der Waals surface area contributed by atoms with Crippen molar-refractivity contribution in [2.45, 2.75) is 65.0 Å². The zero-order valence-electron chi connectivity index (χ0n) is 18.8. The normalized spacial score (nSPS) is 20.4. The van der Waals surface area contributed by atoms with Crippen LogP contribution < -0.4 is 5.32 Å². The highest BCUT2D eigenvalue weighted by Gasteiger charge is 2.53. The van der Waals surface area contributed by atoms with Crippen molar-refractivity contribution in [3.63, 3.8) is 0 Å². The number of likely N-dealkylation sites (tertiary alicyclic amines) is 1. The molecule has 0 aromatic heterocycles. The van der Waals surface area contributed by atoms with Gasteiger partial charge in [-0.1, -0.05) is 49.4 Å². The van der Waals surface area contributed by atoms with Crippen molar-refractivity contribution in [1.82, 2.24) is 10.2 Å². The van der Waals surface area contributed by atoms with Crippen molar-refractivity contribution in [2.75, 3.05) is 19.6 Å². The van der Waals surface area contributed by atoms with Crippen LogP contribution >= 0.6 is 0 Å². The summed E-state index contributed by atoms with van der Waals surface area (Å²) in [7, 11) is 0. The molecule has 1 aromatic carbocycles. The van der Waals surface area contributed by atoms with Crippen LogP contribution in [0.2, 0.25) is 0 Å². The van der Waals surface area contributed by atoms with Gasteiger partial charge in [-0.2, -0.15) is 0 Å². The quantitative estimate of drug-likeness (QED) is 0.698. The van der Waals surface area contributed by atoms with Crippen molar-refractivity contribution < 1.29 is 14.7 Å². The maximum absolute atomic E-state index is 11.1. The number of nitrogens with one attached hydrogen (secondary N) is 1. The summed E-state index contributed by atoms with van der Waals surface area (Å²) in [5.74, 6) is -0.690. The molecule has 1 aliphatic heterocycles. The van der Waals surface area contributed by atoms with Crippen LogP contribution in [0, 0.1) is 10.8 Å². The Morgan fingerprint density at radius 1 is 1.20 bits per heavy atom. The molecular weight excluding hydrogens is 376 g/mol. The highest BCUT2D eigenvalue weighted by Crippen LogP contribution is 2.49. The molecule has 2 N–H and O–H groups in total. The summed E-state index contributed by atoms with van der Waals surface area (Å²) in [6.07, 6.45) is 10.7. The molecule has 1 heterocycles.